The molecule has 244 valence electrons. The van der Waals surface area contributed by atoms with E-state index in [2.05, 4.69) is 23.8 Å². The third kappa shape index (κ3) is 13.2. The third-order valence-corrected chi connectivity index (χ3v) is 7.88. The Kier molecular flexibility index (Phi) is 16.1. The number of hydrogen-bond acceptors (Lipinski definition) is 5. The predicted molar refractivity (Wildman–Crippen MR) is 183 cm³/mol. The Bertz CT molecular complexity index is 1350. The van der Waals surface area contributed by atoms with Gasteiger partial charge >= 0.3 is 5.97 Å². The maximum atomic E-state index is 13.6. The zero-order valence-electron chi connectivity index (χ0n) is 26.7. The van der Waals surface area contributed by atoms with Gasteiger partial charge in [-0.2, -0.15) is 0 Å². The summed E-state index contributed by atoms with van der Waals surface area (Å²) >= 11 is 0. The van der Waals surface area contributed by atoms with E-state index in [0.717, 1.165) is 29.5 Å². The van der Waals surface area contributed by atoms with Gasteiger partial charge < -0.3 is 20.5 Å². The normalized spacial score (nSPS) is 13.4. The molecule has 2 amide bonds. The van der Waals surface area contributed by atoms with Crippen molar-refractivity contribution in [2.75, 3.05) is 13.2 Å². The number of carbonyl (C=O) groups is 3. The minimum absolute atomic E-state index is 0.00286. The standard InChI is InChI=1S/C39H48N2O5/c1-3-5-9-23-34(24-30-17-10-6-11-18-30)39(45)46-29-36(26-32-21-14-8-15-22-32)41-38(44)33(16-4-2)27-37(43)40-35(28-42)25-31-19-12-7-13-20-31/h3-4,6-8,10-15,17-22,33-36,42H,1-2,5,9,16,23-29H2,(H,40,43)(H,41,44). The van der Waals surface area contributed by atoms with Crippen LogP contribution in [0, 0.1) is 11.8 Å². The van der Waals surface area contributed by atoms with Gasteiger partial charge in [0.05, 0.1) is 30.5 Å². The van der Waals surface area contributed by atoms with Crippen LogP contribution in [0.25, 0.3) is 0 Å². The molecule has 3 aromatic carbocycles. The van der Waals surface area contributed by atoms with Gasteiger partial charge in [0.25, 0.3) is 0 Å². The van der Waals surface area contributed by atoms with Crippen molar-refractivity contribution >= 4 is 17.8 Å². The fourth-order valence-electron chi connectivity index (χ4n) is 5.43. The molecular weight excluding hydrogens is 576 g/mol. The Morgan fingerprint density at radius 1 is 0.717 bits per heavy atom. The Labute approximate surface area is 273 Å². The van der Waals surface area contributed by atoms with Crippen molar-refractivity contribution in [3.8, 4) is 0 Å². The number of unbranched alkanes of at least 4 members (excludes halogenated alkanes) is 1. The molecule has 7 nitrogen and oxygen atoms in total. The Hall–Kier alpha value is -4.49. The summed E-state index contributed by atoms with van der Waals surface area (Å²) in [6, 6.07) is 28.2. The number of aliphatic hydroxyl groups excluding tert-OH is 1. The second-order valence-corrected chi connectivity index (χ2v) is 11.7. The lowest BCUT2D eigenvalue weighted by molar-refractivity contribution is -0.150. The van der Waals surface area contributed by atoms with Crippen LogP contribution in [-0.4, -0.2) is 48.2 Å². The molecule has 0 fully saturated rings. The summed E-state index contributed by atoms with van der Waals surface area (Å²) in [5, 5.41) is 15.8. The van der Waals surface area contributed by atoms with E-state index in [0.29, 0.717) is 32.1 Å². The lowest BCUT2D eigenvalue weighted by Crippen LogP contribution is -2.45. The van der Waals surface area contributed by atoms with Gasteiger partial charge in [0, 0.05) is 6.42 Å². The van der Waals surface area contributed by atoms with Crippen molar-refractivity contribution < 1.29 is 24.2 Å². The van der Waals surface area contributed by atoms with Crippen LogP contribution in [0.5, 0.6) is 0 Å². The fourth-order valence-corrected chi connectivity index (χ4v) is 5.43. The maximum absolute atomic E-state index is 13.6. The molecule has 0 aromatic heterocycles. The number of amides is 2. The largest absolute Gasteiger partial charge is 0.463 e. The second-order valence-electron chi connectivity index (χ2n) is 11.7. The van der Waals surface area contributed by atoms with Crippen LogP contribution in [0.4, 0.5) is 0 Å². The summed E-state index contributed by atoms with van der Waals surface area (Å²) in [4.78, 5) is 40.0. The lowest BCUT2D eigenvalue weighted by Gasteiger charge is -2.24. The smallest absolute Gasteiger partial charge is 0.309 e. The molecule has 46 heavy (non-hydrogen) atoms. The van der Waals surface area contributed by atoms with Crippen molar-refractivity contribution in [3.63, 3.8) is 0 Å². The van der Waals surface area contributed by atoms with E-state index in [1.807, 2.05) is 97.1 Å². The zero-order chi connectivity index (χ0) is 33.0. The molecule has 3 N–H and O–H groups in total. The highest BCUT2D eigenvalue weighted by molar-refractivity contribution is 5.86. The van der Waals surface area contributed by atoms with Gasteiger partial charge in [0.1, 0.15) is 6.61 Å². The van der Waals surface area contributed by atoms with E-state index in [-0.39, 0.29) is 43.3 Å². The van der Waals surface area contributed by atoms with Gasteiger partial charge in [-0.1, -0.05) is 103 Å². The molecular formula is C39H48N2O5. The number of hydrogen-bond donors (Lipinski definition) is 3. The number of allylic oxidation sites excluding steroid dienone is 2. The van der Waals surface area contributed by atoms with Crippen LogP contribution in [0.15, 0.2) is 116 Å². The molecule has 0 aliphatic rings. The number of rotatable bonds is 21. The predicted octanol–water partition coefficient (Wildman–Crippen LogP) is 5.77. The number of carbonyl (C=O) groups excluding carboxylic acids is 3. The van der Waals surface area contributed by atoms with E-state index in [1.165, 1.54) is 0 Å². The number of nitrogens with one attached hydrogen (secondary N) is 2. The molecule has 0 saturated heterocycles. The van der Waals surface area contributed by atoms with Crippen LogP contribution in [0.3, 0.4) is 0 Å². The van der Waals surface area contributed by atoms with Crippen molar-refractivity contribution in [2.24, 2.45) is 11.8 Å². The Morgan fingerprint density at radius 2 is 1.26 bits per heavy atom. The van der Waals surface area contributed by atoms with Crippen LogP contribution in [0.1, 0.15) is 48.8 Å². The molecule has 3 rings (SSSR count). The Morgan fingerprint density at radius 3 is 1.78 bits per heavy atom. The minimum Gasteiger partial charge on any atom is -0.463 e. The quantitative estimate of drug-likeness (QED) is 0.0793. The molecule has 3 aromatic rings. The molecule has 0 aliphatic heterocycles. The molecule has 4 unspecified atom stereocenters. The number of ether oxygens (including phenoxy) is 1. The van der Waals surface area contributed by atoms with Gasteiger partial charge in [0.15, 0.2) is 0 Å². The Balaban J connectivity index is 1.66. The SMILES string of the molecule is C=CCCCC(Cc1ccccc1)C(=O)OCC(Cc1ccccc1)NC(=O)C(CC=C)CC(=O)NC(CO)Cc1ccccc1. The van der Waals surface area contributed by atoms with Crippen LogP contribution < -0.4 is 10.6 Å². The van der Waals surface area contributed by atoms with Crippen molar-refractivity contribution in [2.45, 2.75) is 63.5 Å². The summed E-state index contributed by atoms with van der Waals surface area (Å²) in [6.45, 7) is 7.36. The average molecular weight is 625 g/mol. The summed E-state index contributed by atoms with van der Waals surface area (Å²) in [5.41, 5.74) is 3.04. The number of benzene rings is 3. The van der Waals surface area contributed by atoms with Gasteiger partial charge in [-0.3, -0.25) is 14.4 Å². The van der Waals surface area contributed by atoms with Gasteiger partial charge in [-0.05, 0) is 61.6 Å². The first kappa shape index (κ1) is 36.0. The zero-order valence-corrected chi connectivity index (χ0v) is 26.7. The van der Waals surface area contributed by atoms with Crippen molar-refractivity contribution in [3.05, 3.63) is 133 Å². The number of aliphatic hydroxyl groups is 1. The monoisotopic (exact) mass is 624 g/mol. The molecule has 0 spiro atoms. The average Bonchev–Trinajstić information content (AvgIpc) is 3.07. The van der Waals surface area contributed by atoms with E-state index in [1.54, 1.807) is 6.08 Å². The van der Waals surface area contributed by atoms with Crippen molar-refractivity contribution in [1.29, 1.82) is 0 Å². The van der Waals surface area contributed by atoms with Gasteiger partial charge in [0.2, 0.25) is 11.8 Å². The fraction of sp³-hybridized carbons (Fsp3) is 0.359. The molecule has 0 heterocycles. The van der Waals surface area contributed by atoms with E-state index in [9.17, 15) is 19.5 Å². The topological polar surface area (TPSA) is 105 Å². The first-order valence-corrected chi connectivity index (χ1v) is 16.1. The van der Waals surface area contributed by atoms with E-state index >= 15 is 0 Å². The van der Waals surface area contributed by atoms with Crippen molar-refractivity contribution in [1.82, 2.24) is 10.6 Å². The van der Waals surface area contributed by atoms with Crippen LogP contribution in [-0.2, 0) is 38.4 Å². The molecule has 0 radical (unpaired) electrons. The highest BCUT2D eigenvalue weighted by atomic mass is 16.5. The number of esters is 1. The van der Waals surface area contributed by atoms with Gasteiger partial charge in [-0.15, -0.1) is 13.2 Å². The van der Waals surface area contributed by atoms with Crippen LogP contribution >= 0.6 is 0 Å². The summed E-state index contributed by atoms with van der Waals surface area (Å²) in [6.07, 6.45) is 7.51. The molecule has 0 saturated carbocycles. The summed E-state index contributed by atoms with van der Waals surface area (Å²) in [7, 11) is 0. The van der Waals surface area contributed by atoms with Gasteiger partial charge in [-0.25, -0.2) is 0 Å². The molecule has 7 heteroatoms. The van der Waals surface area contributed by atoms with E-state index < -0.39 is 18.0 Å². The molecule has 0 aliphatic carbocycles. The summed E-state index contributed by atoms with van der Waals surface area (Å²) < 4.78 is 5.88. The van der Waals surface area contributed by atoms with E-state index in [4.69, 9.17) is 4.74 Å². The lowest BCUT2D eigenvalue weighted by atomic mass is 9.94. The minimum atomic E-state index is -0.674. The molecule has 4 atom stereocenters. The second kappa shape index (κ2) is 20.5. The first-order valence-electron chi connectivity index (χ1n) is 16.1. The maximum Gasteiger partial charge on any atom is 0.309 e. The first-order chi connectivity index (χ1) is 22.4. The molecule has 0 bridgehead atoms. The highest BCUT2D eigenvalue weighted by Crippen LogP contribution is 2.19. The third-order valence-electron chi connectivity index (χ3n) is 7.88. The van der Waals surface area contributed by atoms with Crippen LogP contribution in [0.2, 0.25) is 0 Å². The highest BCUT2D eigenvalue weighted by Gasteiger charge is 2.27. The summed E-state index contributed by atoms with van der Waals surface area (Å²) in [5.74, 6) is -1.93.